The molecule has 0 aliphatic carbocycles. The largest absolute Gasteiger partial charge is 0.457 e. The molecule has 0 radical (unpaired) electrons. The summed E-state index contributed by atoms with van der Waals surface area (Å²) in [5.74, 6) is 1.68. The quantitative estimate of drug-likeness (QED) is 0.308. The van der Waals surface area contributed by atoms with Crippen molar-refractivity contribution in [3.8, 4) is 5.75 Å². The van der Waals surface area contributed by atoms with Gasteiger partial charge in [0.15, 0.2) is 0 Å². The standard InChI is InChI=1S/C19H24O.C11H15N.CH4/c1-8-17(13(2)3)12-18(14(4)5)20-19-15(6)10-9-11-16(19)7;1-10(2)12-9-8-11-6-4-3-5-7-11;/h8-12H,2,4H2,1,3,5-7H3;3-7,12H,1,8-9H2,2H3;1H4/b17-8-,18-12+;;. The van der Waals surface area contributed by atoms with E-state index in [9.17, 15) is 0 Å². The molecule has 2 heteroatoms. The molecular formula is C31H43NO. The second-order valence-electron chi connectivity index (χ2n) is 8.08. The van der Waals surface area contributed by atoms with E-state index in [1.165, 1.54) is 5.56 Å². The highest BCUT2D eigenvalue weighted by atomic mass is 16.5. The summed E-state index contributed by atoms with van der Waals surface area (Å²) in [6.07, 6.45) is 5.09. The molecule has 2 aromatic rings. The van der Waals surface area contributed by atoms with Gasteiger partial charge in [0.05, 0.1) is 0 Å². The maximum atomic E-state index is 6.10. The lowest BCUT2D eigenvalue weighted by Crippen LogP contribution is -2.13. The smallest absolute Gasteiger partial charge is 0.133 e. The van der Waals surface area contributed by atoms with Gasteiger partial charge < -0.3 is 10.1 Å². The lowest BCUT2D eigenvalue weighted by atomic mass is 10.1. The molecule has 0 bridgehead atoms. The van der Waals surface area contributed by atoms with E-state index in [-0.39, 0.29) is 7.43 Å². The fourth-order valence-electron chi connectivity index (χ4n) is 2.97. The highest BCUT2D eigenvalue weighted by Gasteiger charge is 2.08. The summed E-state index contributed by atoms with van der Waals surface area (Å²) >= 11 is 0. The van der Waals surface area contributed by atoms with Crippen molar-refractivity contribution in [2.24, 2.45) is 0 Å². The van der Waals surface area contributed by atoms with Crippen LogP contribution in [-0.2, 0) is 6.42 Å². The van der Waals surface area contributed by atoms with E-state index >= 15 is 0 Å². The molecule has 0 aliphatic rings. The zero-order chi connectivity index (χ0) is 24.1. The van der Waals surface area contributed by atoms with Gasteiger partial charge in [-0.1, -0.05) is 87.3 Å². The maximum Gasteiger partial charge on any atom is 0.133 e. The van der Waals surface area contributed by atoms with E-state index < -0.39 is 0 Å². The predicted octanol–water partition coefficient (Wildman–Crippen LogP) is 8.65. The lowest BCUT2D eigenvalue weighted by Gasteiger charge is -2.15. The number of allylic oxidation sites excluding steroid dienone is 6. The van der Waals surface area contributed by atoms with Gasteiger partial charge in [-0.2, -0.15) is 0 Å². The third kappa shape index (κ3) is 11.2. The first-order chi connectivity index (χ1) is 15.1. The van der Waals surface area contributed by atoms with E-state index in [0.717, 1.165) is 58.0 Å². The number of rotatable bonds is 9. The summed E-state index contributed by atoms with van der Waals surface area (Å²) in [6, 6.07) is 16.6. The molecule has 0 amide bonds. The molecule has 0 heterocycles. The van der Waals surface area contributed by atoms with Crippen LogP contribution in [0.2, 0.25) is 0 Å². The molecule has 0 unspecified atom stereocenters. The Balaban J connectivity index is 0.000000675. The molecule has 2 aromatic carbocycles. The molecule has 2 nitrogen and oxygen atoms in total. The fraction of sp³-hybridized carbons (Fsp3) is 0.290. The highest BCUT2D eigenvalue weighted by molar-refractivity contribution is 5.46. The fourth-order valence-corrected chi connectivity index (χ4v) is 2.97. The van der Waals surface area contributed by atoms with Crippen molar-refractivity contribution in [1.82, 2.24) is 5.32 Å². The van der Waals surface area contributed by atoms with Crippen LogP contribution in [0.25, 0.3) is 0 Å². The maximum absolute atomic E-state index is 6.10. The Bertz CT molecular complexity index is 957. The van der Waals surface area contributed by atoms with E-state index in [4.69, 9.17) is 4.74 Å². The molecule has 0 aliphatic heterocycles. The van der Waals surface area contributed by atoms with Gasteiger partial charge in [-0.15, -0.1) is 0 Å². The Morgan fingerprint density at radius 1 is 0.879 bits per heavy atom. The van der Waals surface area contributed by atoms with Crippen LogP contribution in [0.15, 0.2) is 109 Å². The predicted molar refractivity (Wildman–Crippen MR) is 148 cm³/mol. The summed E-state index contributed by atoms with van der Waals surface area (Å²) in [7, 11) is 0. The Morgan fingerprint density at radius 3 is 1.91 bits per heavy atom. The number of hydrogen-bond acceptors (Lipinski definition) is 2. The molecule has 33 heavy (non-hydrogen) atoms. The van der Waals surface area contributed by atoms with Crippen LogP contribution < -0.4 is 10.1 Å². The first-order valence-corrected chi connectivity index (χ1v) is 11.0. The third-order valence-corrected chi connectivity index (χ3v) is 4.82. The average molecular weight is 446 g/mol. The second-order valence-corrected chi connectivity index (χ2v) is 8.08. The molecule has 0 atom stereocenters. The minimum Gasteiger partial charge on any atom is -0.457 e. The van der Waals surface area contributed by atoms with Crippen LogP contribution in [0.5, 0.6) is 5.75 Å². The van der Waals surface area contributed by atoms with Crippen molar-refractivity contribution in [3.63, 3.8) is 0 Å². The van der Waals surface area contributed by atoms with Gasteiger partial charge in [0.1, 0.15) is 11.5 Å². The summed E-state index contributed by atoms with van der Waals surface area (Å²) in [5.41, 5.74) is 7.61. The van der Waals surface area contributed by atoms with Gasteiger partial charge in [-0.05, 0) is 81.9 Å². The summed E-state index contributed by atoms with van der Waals surface area (Å²) in [4.78, 5) is 0. The summed E-state index contributed by atoms with van der Waals surface area (Å²) in [5, 5.41) is 3.20. The number of aryl methyl sites for hydroxylation is 2. The molecule has 1 N–H and O–H groups in total. The second kappa shape index (κ2) is 15.5. The number of ether oxygens (including phenoxy) is 1. The van der Waals surface area contributed by atoms with Crippen LogP contribution >= 0.6 is 0 Å². The molecule has 0 aromatic heterocycles. The van der Waals surface area contributed by atoms with Crippen LogP contribution in [0.3, 0.4) is 0 Å². The number of nitrogens with one attached hydrogen (secondary N) is 1. The third-order valence-electron chi connectivity index (χ3n) is 4.82. The molecular weight excluding hydrogens is 402 g/mol. The molecule has 178 valence electrons. The van der Waals surface area contributed by atoms with E-state index in [1.807, 2.05) is 78.0 Å². The monoisotopic (exact) mass is 445 g/mol. The van der Waals surface area contributed by atoms with E-state index in [2.05, 4.69) is 49.3 Å². The summed E-state index contributed by atoms with van der Waals surface area (Å²) in [6.45, 7) is 24.7. The molecule has 0 fully saturated rings. The Kier molecular flexibility index (Phi) is 14.0. The van der Waals surface area contributed by atoms with Crippen molar-refractivity contribution in [1.29, 1.82) is 0 Å². The first kappa shape index (κ1) is 29.7. The first-order valence-electron chi connectivity index (χ1n) is 11.0. The van der Waals surface area contributed by atoms with Crippen molar-refractivity contribution in [2.75, 3.05) is 6.54 Å². The van der Waals surface area contributed by atoms with Crippen LogP contribution in [0.1, 0.15) is 51.8 Å². The zero-order valence-corrected chi connectivity index (χ0v) is 20.7. The zero-order valence-electron chi connectivity index (χ0n) is 20.7. The molecule has 2 rings (SSSR count). The molecule has 0 saturated heterocycles. The Morgan fingerprint density at radius 2 is 1.45 bits per heavy atom. The SMILES string of the molecule is C.C=C(C)C(=C\C)/C=C(/Oc1c(C)cccc1C)C(=C)C.C=C(C)NCCc1ccccc1. The summed E-state index contributed by atoms with van der Waals surface area (Å²) < 4.78 is 6.10. The molecule has 0 spiro atoms. The van der Waals surface area contributed by atoms with Crippen LogP contribution in [0.4, 0.5) is 0 Å². The molecule has 0 saturated carbocycles. The Labute approximate surface area is 203 Å². The van der Waals surface area contributed by atoms with Gasteiger partial charge in [0.2, 0.25) is 0 Å². The van der Waals surface area contributed by atoms with Gasteiger partial charge in [0.25, 0.3) is 0 Å². The average Bonchev–Trinajstić information content (AvgIpc) is 2.73. The van der Waals surface area contributed by atoms with Gasteiger partial charge in [0, 0.05) is 12.2 Å². The van der Waals surface area contributed by atoms with E-state index in [1.54, 1.807) is 0 Å². The van der Waals surface area contributed by atoms with Gasteiger partial charge in [-0.3, -0.25) is 0 Å². The highest BCUT2D eigenvalue weighted by Crippen LogP contribution is 2.27. The number of benzene rings is 2. The van der Waals surface area contributed by atoms with Gasteiger partial charge >= 0.3 is 0 Å². The van der Waals surface area contributed by atoms with Crippen molar-refractivity contribution >= 4 is 0 Å². The minimum atomic E-state index is 0. The topological polar surface area (TPSA) is 21.3 Å². The van der Waals surface area contributed by atoms with Crippen molar-refractivity contribution in [2.45, 2.75) is 55.4 Å². The van der Waals surface area contributed by atoms with Crippen LogP contribution in [0, 0.1) is 13.8 Å². The number of para-hydroxylation sites is 1. The Hall–Kier alpha value is -3.26. The van der Waals surface area contributed by atoms with Crippen LogP contribution in [-0.4, -0.2) is 6.54 Å². The van der Waals surface area contributed by atoms with E-state index in [0.29, 0.717) is 0 Å². The normalized spacial score (nSPS) is 10.8. The number of hydrogen-bond donors (Lipinski definition) is 1. The van der Waals surface area contributed by atoms with Crippen molar-refractivity contribution < 1.29 is 4.74 Å². The van der Waals surface area contributed by atoms with Crippen molar-refractivity contribution in [3.05, 3.63) is 125 Å². The van der Waals surface area contributed by atoms with Gasteiger partial charge in [-0.25, -0.2) is 0 Å². The lowest BCUT2D eigenvalue weighted by molar-refractivity contribution is 0.430. The minimum absolute atomic E-state index is 0.